The highest BCUT2D eigenvalue weighted by atomic mass is 127. The molecule has 1 heterocycles. The van der Waals surface area contributed by atoms with Crippen molar-refractivity contribution in [2.24, 2.45) is 4.99 Å². The zero-order chi connectivity index (χ0) is 19.0. The Morgan fingerprint density at radius 2 is 1.96 bits per heavy atom. The van der Waals surface area contributed by atoms with Crippen molar-refractivity contribution in [2.45, 2.75) is 37.6 Å². The van der Waals surface area contributed by atoms with Gasteiger partial charge in [0.2, 0.25) is 0 Å². The van der Waals surface area contributed by atoms with Gasteiger partial charge in [0, 0.05) is 23.6 Å². The molecule has 2 N–H and O–H groups in total. The first-order chi connectivity index (χ1) is 12.5. The molecule has 1 fully saturated rings. The number of nitrogens with zero attached hydrogens (tertiary/aromatic N) is 2. The molecule has 0 aliphatic carbocycles. The van der Waals surface area contributed by atoms with Crippen LogP contribution >= 0.6 is 39.9 Å². The molecule has 0 aromatic heterocycles. The van der Waals surface area contributed by atoms with Crippen LogP contribution in [0.15, 0.2) is 38.6 Å². The van der Waals surface area contributed by atoms with Crippen LogP contribution in [-0.2, 0) is 9.84 Å². The molecule has 2 rings (SSSR count). The first-order valence-electron chi connectivity index (χ1n) is 9.20. The number of hydrogen-bond acceptors (Lipinski definition) is 4. The molecule has 0 spiro atoms. The lowest BCUT2D eigenvalue weighted by molar-refractivity contribution is 0.273. The van der Waals surface area contributed by atoms with Crippen molar-refractivity contribution in [3.63, 3.8) is 0 Å². The van der Waals surface area contributed by atoms with Crippen LogP contribution in [0.4, 0.5) is 0 Å². The topological polar surface area (TPSA) is 73.8 Å². The smallest absolute Gasteiger partial charge is 0.191 e. The highest BCUT2D eigenvalue weighted by Crippen LogP contribution is 2.17. The zero-order valence-electron chi connectivity index (χ0n) is 15.9. The second kappa shape index (κ2) is 12.2. The van der Waals surface area contributed by atoms with Crippen molar-refractivity contribution >= 4 is 55.7 Å². The maximum Gasteiger partial charge on any atom is 0.191 e. The number of nitrogens with one attached hydrogen (secondary N) is 2. The maximum atomic E-state index is 12.4. The third kappa shape index (κ3) is 7.86. The quantitative estimate of drug-likeness (QED) is 0.285. The van der Waals surface area contributed by atoms with Gasteiger partial charge in [-0.25, -0.2) is 8.42 Å². The largest absolute Gasteiger partial charge is 0.357 e. The van der Waals surface area contributed by atoms with Gasteiger partial charge in [-0.1, -0.05) is 22.9 Å². The lowest BCUT2D eigenvalue weighted by Gasteiger charge is -2.21. The van der Waals surface area contributed by atoms with E-state index in [1.54, 1.807) is 24.3 Å². The highest BCUT2D eigenvalue weighted by molar-refractivity contribution is 14.0. The predicted octanol–water partition coefficient (Wildman–Crippen LogP) is 2.88. The van der Waals surface area contributed by atoms with E-state index in [0.29, 0.717) is 23.4 Å². The number of likely N-dealkylation sites (N-methyl/N-ethyl adjacent to an activating group) is 1. The number of likely N-dealkylation sites (tertiary alicyclic amines) is 1. The van der Waals surface area contributed by atoms with Gasteiger partial charge in [-0.2, -0.15) is 0 Å². The summed E-state index contributed by atoms with van der Waals surface area (Å²) in [6.07, 6.45) is 2.40. The third-order valence-corrected chi connectivity index (χ3v) is 6.81. The lowest BCUT2D eigenvalue weighted by Crippen LogP contribution is -2.41. The van der Waals surface area contributed by atoms with Gasteiger partial charge in [0.15, 0.2) is 15.8 Å². The lowest BCUT2D eigenvalue weighted by atomic mass is 10.2. The van der Waals surface area contributed by atoms with Crippen LogP contribution in [0.5, 0.6) is 0 Å². The van der Waals surface area contributed by atoms with E-state index < -0.39 is 9.84 Å². The van der Waals surface area contributed by atoms with E-state index >= 15 is 0 Å². The molecule has 6 nitrogen and oxygen atoms in total. The Hall–Kier alpha value is -0.390. The molecule has 1 aromatic carbocycles. The maximum absolute atomic E-state index is 12.4. The predicted molar refractivity (Wildman–Crippen MR) is 126 cm³/mol. The van der Waals surface area contributed by atoms with Crippen LogP contribution in [-0.4, -0.2) is 63.8 Å². The van der Waals surface area contributed by atoms with E-state index in [0.717, 1.165) is 30.7 Å². The molecule has 1 saturated heterocycles. The second-order valence-electron chi connectivity index (χ2n) is 6.34. The molecule has 1 aromatic rings. The van der Waals surface area contributed by atoms with E-state index in [4.69, 9.17) is 0 Å². The molecule has 0 bridgehead atoms. The number of halogens is 2. The van der Waals surface area contributed by atoms with Crippen LogP contribution in [0, 0.1) is 0 Å². The molecule has 1 atom stereocenters. The molecule has 0 radical (unpaired) electrons. The minimum absolute atomic E-state index is 0. The van der Waals surface area contributed by atoms with Crippen LogP contribution in [0.1, 0.15) is 26.7 Å². The Morgan fingerprint density at radius 3 is 2.59 bits per heavy atom. The van der Waals surface area contributed by atoms with Gasteiger partial charge in [-0.3, -0.25) is 9.89 Å². The van der Waals surface area contributed by atoms with Crippen molar-refractivity contribution in [1.29, 1.82) is 0 Å². The number of guanidine groups is 1. The first-order valence-corrected chi connectivity index (χ1v) is 11.7. The van der Waals surface area contributed by atoms with Gasteiger partial charge in [0.1, 0.15) is 0 Å². The fourth-order valence-electron chi connectivity index (χ4n) is 3.12. The summed E-state index contributed by atoms with van der Waals surface area (Å²) in [6.45, 7) is 8.19. The standard InChI is InChI=1S/C18H29BrN4O2S.HI/c1-3-20-18(22-14-16-6-5-12-23(16)4-2)21-11-13-26(24,25)17-9-7-15(19)8-10-17;/h7-10,16H,3-6,11-14H2,1-2H3,(H2,20,21,22);1H. The van der Waals surface area contributed by atoms with Crippen LogP contribution in [0.3, 0.4) is 0 Å². The van der Waals surface area contributed by atoms with Crippen molar-refractivity contribution in [3.8, 4) is 0 Å². The molecule has 1 unspecified atom stereocenters. The normalized spacial score (nSPS) is 18.2. The molecule has 0 saturated carbocycles. The molecule has 9 heteroatoms. The van der Waals surface area contributed by atoms with Crippen LogP contribution in [0.25, 0.3) is 0 Å². The minimum Gasteiger partial charge on any atom is -0.357 e. The number of benzene rings is 1. The average molecular weight is 573 g/mol. The third-order valence-electron chi connectivity index (χ3n) is 4.55. The summed E-state index contributed by atoms with van der Waals surface area (Å²) < 4.78 is 25.7. The van der Waals surface area contributed by atoms with Gasteiger partial charge in [0.25, 0.3) is 0 Å². The van der Waals surface area contributed by atoms with E-state index in [9.17, 15) is 8.42 Å². The summed E-state index contributed by atoms with van der Waals surface area (Å²) in [7, 11) is -3.31. The molecule has 27 heavy (non-hydrogen) atoms. The molecule has 154 valence electrons. The highest BCUT2D eigenvalue weighted by Gasteiger charge is 2.22. The Bertz CT molecular complexity index is 698. The fraction of sp³-hybridized carbons (Fsp3) is 0.611. The van der Waals surface area contributed by atoms with Gasteiger partial charge < -0.3 is 10.6 Å². The average Bonchev–Trinajstić information content (AvgIpc) is 3.07. The van der Waals surface area contributed by atoms with Gasteiger partial charge in [0.05, 0.1) is 17.2 Å². The van der Waals surface area contributed by atoms with Gasteiger partial charge in [-0.15, -0.1) is 24.0 Å². The summed E-state index contributed by atoms with van der Waals surface area (Å²) in [5, 5.41) is 6.34. The summed E-state index contributed by atoms with van der Waals surface area (Å²) in [5.41, 5.74) is 0. The van der Waals surface area contributed by atoms with E-state index in [1.807, 2.05) is 6.92 Å². The summed E-state index contributed by atoms with van der Waals surface area (Å²) >= 11 is 3.32. The van der Waals surface area contributed by atoms with Crippen LogP contribution in [0.2, 0.25) is 0 Å². The molecular weight excluding hydrogens is 543 g/mol. The fourth-order valence-corrected chi connectivity index (χ4v) is 4.54. The molecule has 1 aliphatic heterocycles. The monoisotopic (exact) mass is 572 g/mol. The SMILES string of the molecule is CCNC(=NCC1CCCN1CC)NCCS(=O)(=O)c1ccc(Br)cc1.I. The number of hydrogen-bond donors (Lipinski definition) is 2. The van der Waals surface area contributed by atoms with Crippen molar-refractivity contribution < 1.29 is 8.42 Å². The van der Waals surface area contributed by atoms with Gasteiger partial charge in [-0.05, 0) is 57.1 Å². The summed E-state index contributed by atoms with van der Waals surface area (Å²) in [6, 6.07) is 7.22. The summed E-state index contributed by atoms with van der Waals surface area (Å²) in [5.74, 6) is 0.713. The van der Waals surface area contributed by atoms with Gasteiger partial charge >= 0.3 is 0 Å². The molecule has 0 amide bonds. The van der Waals surface area contributed by atoms with E-state index in [1.165, 1.54) is 12.8 Å². The van der Waals surface area contributed by atoms with E-state index in [2.05, 4.69) is 43.4 Å². The van der Waals surface area contributed by atoms with Crippen LogP contribution < -0.4 is 10.6 Å². The number of aliphatic imine (C=N–C) groups is 1. The molecular formula is C18H30BrIN4O2S. The van der Waals surface area contributed by atoms with Crippen molar-refractivity contribution in [3.05, 3.63) is 28.7 Å². The Balaban J connectivity index is 0.00000364. The summed E-state index contributed by atoms with van der Waals surface area (Å²) in [4.78, 5) is 7.44. The Morgan fingerprint density at radius 1 is 1.26 bits per heavy atom. The minimum atomic E-state index is -3.31. The second-order valence-corrected chi connectivity index (χ2v) is 9.37. The number of rotatable bonds is 8. The zero-order valence-corrected chi connectivity index (χ0v) is 20.7. The Kier molecular flexibility index (Phi) is 11.2. The van der Waals surface area contributed by atoms with E-state index in [-0.39, 0.29) is 29.7 Å². The Labute approximate surface area is 188 Å². The van der Waals surface area contributed by atoms with Crippen molar-refractivity contribution in [2.75, 3.05) is 38.5 Å². The molecule has 1 aliphatic rings. The number of sulfone groups is 1. The van der Waals surface area contributed by atoms with Crippen molar-refractivity contribution in [1.82, 2.24) is 15.5 Å². The first kappa shape index (κ1) is 24.6.